The molecule has 4 nitrogen and oxygen atoms in total. The fourth-order valence-corrected chi connectivity index (χ4v) is 3.21. The second kappa shape index (κ2) is 4.85. The standard InChI is InChI=1S/C14H15ClN2O2/c15-10-3-4-13(18)11(7-10)14(19)17-16-12-6-8-1-2-9(12)5-8/h3-4,7-9,18H,1-2,5-6H2,(H,17,19). The number of hydrogen-bond donors (Lipinski definition) is 2. The van der Waals surface area contributed by atoms with Crippen LogP contribution in [0.3, 0.4) is 0 Å². The van der Waals surface area contributed by atoms with Gasteiger partial charge in [0.2, 0.25) is 0 Å². The van der Waals surface area contributed by atoms with E-state index in [9.17, 15) is 9.90 Å². The molecule has 5 heteroatoms. The van der Waals surface area contributed by atoms with Crippen LogP contribution in [0.25, 0.3) is 0 Å². The molecule has 3 rings (SSSR count). The molecule has 1 aromatic rings. The highest BCUT2D eigenvalue weighted by atomic mass is 35.5. The van der Waals surface area contributed by atoms with Crippen LogP contribution in [0.2, 0.25) is 5.02 Å². The Kier molecular flexibility index (Phi) is 3.19. The van der Waals surface area contributed by atoms with Crippen LogP contribution < -0.4 is 5.43 Å². The molecule has 2 saturated carbocycles. The summed E-state index contributed by atoms with van der Waals surface area (Å²) in [5.41, 5.74) is 3.77. The van der Waals surface area contributed by atoms with Gasteiger partial charge in [0, 0.05) is 10.7 Å². The summed E-state index contributed by atoms with van der Waals surface area (Å²) in [6.45, 7) is 0. The van der Waals surface area contributed by atoms with E-state index < -0.39 is 5.91 Å². The number of phenols is 1. The second-order valence-corrected chi connectivity index (χ2v) is 5.72. The topological polar surface area (TPSA) is 61.7 Å². The number of halogens is 1. The minimum atomic E-state index is -0.421. The second-order valence-electron chi connectivity index (χ2n) is 5.29. The number of nitrogens with one attached hydrogen (secondary N) is 1. The molecule has 1 aromatic carbocycles. The van der Waals surface area contributed by atoms with Crippen LogP contribution in [-0.4, -0.2) is 16.7 Å². The van der Waals surface area contributed by atoms with E-state index in [1.54, 1.807) is 0 Å². The summed E-state index contributed by atoms with van der Waals surface area (Å²) in [6.07, 6.45) is 4.66. The average Bonchev–Trinajstić information content (AvgIpc) is 3.01. The van der Waals surface area contributed by atoms with Gasteiger partial charge >= 0.3 is 0 Å². The summed E-state index contributed by atoms with van der Waals surface area (Å²) in [7, 11) is 0. The van der Waals surface area contributed by atoms with Crippen molar-refractivity contribution in [1.82, 2.24) is 5.43 Å². The van der Waals surface area contributed by atoms with Crippen LogP contribution in [-0.2, 0) is 0 Å². The Hall–Kier alpha value is -1.55. The number of phenolic OH excluding ortho intramolecular Hbond substituents is 1. The largest absolute Gasteiger partial charge is 0.507 e. The molecule has 0 aliphatic heterocycles. The molecule has 0 radical (unpaired) electrons. The number of rotatable bonds is 2. The Morgan fingerprint density at radius 2 is 2.26 bits per heavy atom. The summed E-state index contributed by atoms with van der Waals surface area (Å²) in [5.74, 6) is 0.781. The van der Waals surface area contributed by atoms with E-state index in [2.05, 4.69) is 10.5 Å². The summed E-state index contributed by atoms with van der Waals surface area (Å²) in [5, 5.41) is 14.3. The van der Waals surface area contributed by atoms with Crippen molar-refractivity contribution < 1.29 is 9.90 Å². The molecule has 1 amide bonds. The summed E-state index contributed by atoms with van der Waals surface area (Å²) < 4.78 is 0. The molecule has 2 bridgehead atoms. The molecule has 0 saturated heterocycles. The highest BCUT2D eigenvalue weighted by molar-refractivity contribution is 6.31. The van der Waals surface area contributed by atoms with Crippen LogP contribution in [0.5, 0.6) is 5.75 Å². The quantitative estimate of drug-likeness (QED) is 0.817. The smallest absolute Gasteiger partial charge is 0.275 e. The number of carbonyl (C=O) groups is 1. The van der Waals surface area contributed by atoms with Crippen molar-refractivity contribution in [2.45, 2.75) is 25.7 Å². The number of hydrogen-bond acceptors (Lipinski definition) is 3. The van der Waals surface area contributed by atoms with Crippen LogP contribution in [0.15, 0.2) is 23.3 Å². The van der Waals surface area contributed by atoms with Crippen molar-refractivity contribution >= 4 is 23.2 Å². The molecular weight excluding hydrogens is 264 g/mol. The van der Waals surface area contributed by atoms with Gasteiger partial charge in [-0.25, -0.2) is 5.43 Å². The molecule has 0 heterocycles. The Labute approximate surface area is 116 Å². The van der Waals surface area contributed by atoms with Gasteiger partial charge in [-0.3, -0.25) is 4.79 Å². The molecule has 2 fully saturated rings. The van der Waals surface area contributed by atoms with E-state index in [-0.39, 0.29) is 11.3 Å². The molecule has 2 atom stereocenters. The molecule has 2 aliphatic rings. The Morgan fingerprint density at radius 3 is 2.95 bits per heavy atom. The van der Waals surface area contributed by atoms with Gasteiger partial charge in [-0.1, -0.05) is 11.6 Å². The minimum Gasteiger partial charge on any atom is -0.507 e. The Bertz CT molecular complexity index is 556. The number of benzene rings is 1. The molecule has 2 unspecified atom stereocenters. The predicted octanol–water partition coefficient (Wildman–Crippen LogP) is 2.95. The average molecular weight is 279 g/mol. The van der Waals surface area contributed by atoms with Crippen LogP contribution >= 0.6 is 11.6 Å². The number of aromatic hydroxyl groups is 1. The zero-order valence-corrected chi connectivity index (χ0v) is 11.2. The van der Waals surface area contributed by atoms with Gasteiger partial charge in [0.1, 0.15) is 5.75 Å². The molecular formula is C14H15ClN2O2. The van der Waals surface area contributed by atoms with E-state index in [0.29, 0.717) is 10.9 Å². The molecule has 2 N–H and O–H groups in total. The maximum Gasteiger partial charge on any atom is 0.275 e. The van der Waals surface area contributed by atoms with Gasteiger partial charge in [0.25, 0.3) is 5.91 Å². The first kappa shape index (κ1) is 12.5. The first-order valence-electron chi connectivity index (χ1n) is 6.49. The number of carbonyl (C=O) groups excluding carboxylic acids is 1. The van der Waals surface area contributed by atoms with Crippen molar-refractivity contribution in [3.8, 4) is 5.75 Å². The Morgan fingerprint density at radius 1 is 1.42 bits per heavy atom. The van der Waals surface area contributed by atoms with Crippen LogP contribution in [0.1, 0.15) is 36.0 Å². The molecule has 19 heavy (non-hydrogen) atoms. The van der Waals surface area contributed by atoms with Crippen molar-refractivity contribution in [3.63, 3.8) is 0 Å². The fourth-order valence-electron chi connectivity index (χ4n) is 3.04. The van der Waals surface area contributed by atoms with E-state index in [0.717, 1.165) is 18.1 Å². The number of hydrazone groups is 1. The third-order valence-corrected chi connectivity index (χ3v) is 4.25. The van der Waals surface area contributed by atoms with E-state index in [1.807, 2.05) is 0 Å². The number of amides is 1. The molecule has 100 valence electrons. The lowest BCUT2D eigenvalue weighted by Gasteiger charge is -2.12. The molecule has 0 aromatic heterocycles. The van der Waals surface area contributed by atoms with E-state index in [1.165, 1.54) is 37.5 Å². The Balaban J connectivity index is 1.72. The van der Waals surface area contributed by atoms with Crippen molar-refractivity contribution in [1.29, 1.82) is 0 Å². The molecule has 2 aliphatic carbocycles. The number of fused-ring (bicyclic) bond motifs is 2. The third-order valence-electron chi connectivity index (χ3n) is 4.01. The van der Waals surface area contributed by atoms with Crippen LogP contribution in [0.4, 0.5) is 0 Å². The van der Waals surface area contributed by atoms with Gasteiger partial charge in [-0.15, -0.1) is 0 Å². The van der Waals surface area contributed by atoms with Gasteiger partial charge in [-0.05, 0) is 55.7 Å². The van der Waals surface area contributed by atoms with Gasteiger partial charge in [-0.2, -0.15) is 5.10 Å². The third kappa shape index (κ3) is 2.45. The highest BCUT2D eigenvalue weighted by Gasteiger charge is 2.36. The lowest BCUT2D eigenvalue weighted by atomic mass is 9.99. The maximum absolute atomic E-state index is 11.9. The van der Waals surface area contributed by atoms with Crippen molar-refractivity contribution in [3.05, 3.63) is 28.8 Å². The van der Waals surface area contributed by atoms with Gasteiger partial charge < -0.3 is 5.11 Å². The zero-order chi connectivity index (χ0) is 13.4. The summed E-state index contributed by atoms with van der Waals surface area (Å²) in [4.78, 5) is 11.9. The first-order valence-corrected chi connectivity index (χ1v) is 6.86. The molecule has 0 spiro atoms. The zero-order valence-electron chi connectivity index (χ0n) is 10.4. The van der Waals surface area contributed by atoms with E-state index in [4.69, 9.17) is 11.6 Å². The van der Waals surface area contributed by atoms with Gasteiger partial charge in [0.05, 0.1) is 5.56 Å². The maximum atomic E-state index is 11.9. The summed E-state index contributed by atoms with van der Waals surface area (Å²) in [6, 6.07) is 4.38. The monoisotopic (exact) mass is 278 g/mol. The van der Waals surface area contributed by atoms with E-state index >= 15 is 0 Å². The van der Waals surface area contributed by atoms with Gasteiger partial charge in [0.15, 0.2) is 0 Å². The lowest BCUT2D eigenvalue weighted by Crippen LogP contribution is -2.22. The fraction of sp³-hybridized carbons (Fsp3) is 0.429. The van der Waals surface area contributed by atoms with Crippen LogP contribution in [0, 0.1) is 11.8 Å². The summed E-state index contributed by atoms with van der Waals surface area (Å²) >= 11 is 5.81. The first-order chi connectivity index (χ1) is 9.13. The normalized spacial score (nSPS) is 26.9. The lowest BCUT2D eigenvalue weighted by molar-refractivity contribution is 0.0952. The van der Waals surface area contributed by atoms with Crippen molar-refractivity contribution in [2.75, 3.05) is 0 Å². The SMILES string of the molecule is O=C(NN=C1CC2CCC1C2)c1cc(Cl)ccc1O. The predicted molar refractivity (Wildman–Crippen MR) is 73.5 cm³/mol. The number of nitrogens with zero attached hydrogens (tertiary/aromatic N) is 1. The minimum absolute atomic E-state index is 0.0879. The highest BCUT2D eigenvalue weighted by Crippen LogP contribution is 2.42. The van der Waals surface area contributed by atoms with Crippen molar-refractivity contribution in [2.24, 2.45) is 16.9 Å².